The number of benzene rings is 10. The smallest absolute Gasteiger partial charge is 0.0625 e. The van der Waals surface area contributed by atoms with Gasteiger partial charge in [0.25, 0.3) is 0 Å². The number of hydrogen-bond acceptors (Lipinski definition) is 1. The quantitative estimate of drug-likeness (QED) is 0.139. The summed E-state index contributed by atoms with van der Waals surface area (Å²) in [4.78, 5) is 2.34. The van der Waals surface area contributed by atoms with E-state index in [9.17, 15) is 0 Å². The molecule has 0 saturated heterocycles. The number of aromatic nitrogens is 1. The van der Waals surface area contributed by atoms with Gasteiger partial charge in [-0.3, -0.25) is 0 Å². The predicted octanol–water partition coefficient (Wildman–Crippen LogP) is 17.2. The highest BCUT2D eigenvalue weighted by atomic mass is 15.1. The van der Waals surface area contributed by atoms with Gasteiger partial charge in [0.1, 0.15) is 0 Å². The van der Waals surface area contributed by atoms with Gasteiger partial charge in [-0.25, -0.2) is 0 Å². The highest BCUT2D eigenvalue weighted by Gasteiger charge is 2.20. The summed E-state index contributed by atoms with van der Waals surface area (Å²) in [5, 5.41) is 5.02. The van der Waals surface area contributed by atoms with E-state index in [4.69, 9.17) is 0 Å². The molecule has 12 rings (SSSR count). The Labute approximate surface area is 373 Å². The van der Waals surface area contributed by atoms with Gasteiger partial charge in [-0.1, -0.05) is 200 Å². The van der Waals surface area contributed by atoms with Crippen LogP contribution in [-0.2, 0) is 0 Å². The molecule has 2 aromatic heterocycles. The van der Waals surface area contributed by atoms with Crippen LogP contribution in [0.15, 0.2) is 255 Å². The first-order chi connectivity index (χ1) is 31.7. The molecule has 0 unspecified atom stereocenters. The van der Waals surface area contributed by atoms with E-state index in [1.807, 2.05) is 0 Å². The lowest BCUT2D eigenvalue weighted by Gasteiger charge is -2.26. The van der Waals surface area contributed by atoms with Crippen molar-refractivity contribution in [1.82, 2.24) is 4.40 Å². The number of fused-ring (bicyclic) bond motifs is 8. The van der Waals surface area contributed by atoms with Gasteiger partial charge in [0.15, 0.2) is 0 Å². The number of anilines is 3. The van der Waals surface area contributed by atoms with Crippen molar-refractivity contribution in [3.8, 4) is 55.6 Å². The van der Waals surface area contributed by atoms with Crippen LogP contribution in [0.3, 0.4) is 0 Å². The lowest BCUT2D eigenvalue weighted by Crippen LogP contribution is -2.09. The van der Waals surface area contributed by atoms with Crippen LogP contribution in [0.2, 0.25) is 0 Å². The van der Waals surface area contributed by atoms with E-state index >= 15 is 0 Å². The normalized spacial score (nSPS) is 11.4. The van der Waals surface area contributed by atoms with Gasteiger partial charge in [-0.2, -0.15) is 0 Å². The van der Waals surface area contributed by atoms with Gasteiger partial charge in [0.05, 0.1) is 16.6 Å². The molecule has 300 valence electrons. The molecule has 0 N–H and O–H groups in total. The molecule has 0 aliphatic heterocycles. The van der Waals surface area contributed by atoms with E-state index in [1.165, 1.54) is 93.7 Å². The van der Waals surface area contributed by atoms with Crippen molar-refractivity contribution in [2.75, 3.05) is 4.90 Å². The third kappa shape index (κ3) is 6.52. The molecule has 0 aliphatic rings. The summed E-state index contributed by atoms with van der Waals surface area (Å²) in [7, 11) is 0. The van der Waals surface area contributed by atoms with E-state index in [-0.39, 0.29) is 0 Å². The second-order valence-electron chi connectivity index (χ2n) is 16.5. The Kier molecular flexibility index (Phi) is 9.20. The average Bonchev–Trinajstić information content (AvgIpc) is 3.74. The summed E-state index contributed by atoms with van der Waals surface area (Å²) in [5.41, 5.74) is 19.1. The first-order valence-corrected chi connectivity index (χ1v) is 22.0. The minimum absolute atomic E-state index is 1.10. The molecule has 10 aromatic carbocycles. The zero-order valence-electron chi connectivity index (χ0n) is 35.1. The summed E-state index contributed by atoms with van der Waals surface area (Å²) in [6.07, 6.45) is 0. The van der Waals surface area contributed by atoms with Crippen LogP contribution in [0, 0.1) is 0 Å². The lowest BCUT2D eigenvalue weighted by atomic mass is 9.95. The molecule has 0 amide bonds. The molecular formula is C62H42N2. The standard InChI is InChI=1S/C62H42N2/c1-4-14-43(15-5-1)46-28-35-52(36-29-46)63(53-37-30-47(31-38-53)44-16-6-2-7-17-44)54-39-32-48(33-40-54)45-24-26-49(27-25-45)51-34-41-56-58(42-51)55-20-10-12-22-59(55)64-60-23-13-11-21-57(60)61(62(56)64)50-18-8-3-9-19-50/h1-42H. The number of hydrogen-bond donors (Lipinski definition) is 0. The topological polar surface area (TPSA) is 7.65 Å². The monoisotopic (exact) mass is 814 g/mol. The Morgan fingerprint density at radius 3 is 1.06 bits per heavy atom. The minimum atomic E-state index is 1.10. The maximum Gasteiger partial charge on any atom is 0.0625 e. The van der Waals surface area contributed by atoms with E-state index in [0.717, 1.165) is 17.1 Å². The molecule has 2 nitrogen and oxygen atoms in total. The Balaban J connectivity index is 0.894. The number of para-hydroxylation sites is 2. The summed E-state index contributed by atoms with van der Waals surface area (Å²) in [6.45, 7) is 0. The predicted molar refractivity (Wildman–Crippen MR) is 272 cm³/mol. The summed E-state index contributed by atoms with van der Waals surface area (Å²) >= 11 is 0. The molecule has 2 heteroatoms. The van der Waals surface area contributed by atoms with Crippen LogP contribution >= 0.6 is 0 Å². The molecular weight excluding hydrogens is 773 g/mol. The van der Waals surface area contributed by atoms with Gasteiger partial charge in [0, 0.05) is 38.8 Å². The first-order valence-electron chi connectivity index (χ1n) is 22.0. The van der Waals surface area contributed by atoms with Crippen molar-refractivity contribution >= 4 is 55.2 Å². The summed E-state index contributed by atoms with van der Waals surface area (Å²) in [5.74, 6) is 0. The van der Waals surface area contributed by atoms with E-state index in [0.29, 0.717) is 0 Å². The van der Waals surface area contributed by atoms with Crippen LogP contribution in [0.4, 0.5) is 17.1 Å². The fourth-order valence-corrected chi connectivity index (χ4v) is 9.66. The van der Waals surface area contributed by atoms with E-state index < -0.39 is 0 Å². The van der Waals surface area contributed by atoms with Gasteiger partial charge < -0.3 is 9.30 Å². The van der Waals surface area contributed by atoms with Gasteiger partial charge >= 0.3 is 0 Å². The zero-order valence-corrected chi connectivity index (χ0v) is 35.1. The molecule has 0 spiro atoms. The van der Waals surface area contributed by atoms with Crippen molar-refractivity contribution in [3.05, 3.63) is 255 Å². The fraction of sp³-hybridized carbons (Fsp3) is 0. The maximum absolute atomic E-state index is 2.47. The Bertz CT molecular complexity index is 3510. The highest BCUT2D eigenvalue weighted by molar-refractivity contribution is 6.22. The lowest BCUT2D eigenvalue weighted by molar-refractivity contribution is 1.28. The largest absolute Gasteiger partial charge is 0.311 e. The highest BCUT2D eigenvalue weighted by Crippen LogP contribution is 2.44. The van der Waals surface area contributed by atoms with Crippen LogP contribution in [-0.4, -0.2) is 4.40 Å². The van der Waals surface area contributed by atoms with Crippen LogP contribution < -0.4 is 4.90 Å². The molecule has 0 atom stereocenters. The second kappa shape index (κ2) is 15.8. The zero-order chi connectivity index (χ0) is 42.4. The van der Waals surface area contributed by atoms with Crippen molar-refractivity contribution < 1.29 is 0 Å². The fourth-order valence-electron chi connectivity index (χ4n) is 9.66. The van der Waals surface area contributed by atoms with Crippen molar-refractivity contribution in [2.45, 2.75) is 0 Å². The molecule has 0 saturated carbocycles. The third-order valence-electron chi connectivity index (χ3n) is 12.8. The Morgan fingerprint density at radius 1 is 0.234 bits per heavy atom. The second-order valence-corrected chi connectivity index (χ2v) is 16.5. The summed E-state index contributed by atoms with van der Waals surface area (Å²) < 4.78 is 2.47. The van der Waals surface area contributed by atoms with Crippen molar-refractivity contribution in [1.29, 1.82) is 0 Å². The van der Waals surface area contributed by atoms with Crippen LogP contribution in [0.5, 0.6) is 0 Å². The number of pyridine rings is 1. The molecule has 0 aliphatic carbocycles. The van der Waals surface area contributed by atoms with Crippen LogP contribution in [0.1, 0.15) is 0 Å². The molecule has 0 radical (unpaired) electrons. The molecule has 12 aromatic rings. The Morgan fingerprint density at radius 2 is 0.578 bits per heavy atom. The molecule has 0 fully saturated rings. The van der Waals surface area contributed by atoms with E-state index in [1.54, 1.807) is 0 Å². The maximum atomic E-state index is 2.47. The summed E-state index contributed by atoms with van der Waals surface area (Å²) in [6, 6.07) is 92.4. The van der Waals surface area contributed by atoms with E-state index in [2.05, 4.69) is 264 Å². The average molecular weight is 815 g/mol. The van der Waals surface area contributed by atoms with Crippen LogP contribution in [0.25, 0.3) is 93.7 Å². The van der Waals surface area contributed by atoms with Crippen molar-refractivity contribution in [3.63, 3.8) is 0 Å². The Hall–Kier alpha value is -8.46. The minimum Gasteiger partial charge on any atom is -0.311 e. The number of rotatable bonds is 8. The van der Waals surface area contributed by atoms with Gasteiger partial charge in [-0.05, 0) is 110 Å². The SMILES string of the molecule is c1ccc(-c2ccc(N(c3ccc(-c4ccccc4)cc3)c3ccc(-c4ccc(-c5ccc6c(c5)c5ccccc5n5c7ccccc7c(-c7ccccc7)c65)cc4)cc3)cc2)cc1. The van der Waals surface area contributed by atoms with Crippen molar-refractivity contribution in [2.24, 2.45) is 0 Å². The van der Waals surface area contributed by atoms with Gasteiger partial charge in [0.2, 0.25) is 0 Å². The molecule has 0 bridgehead atoms. The number of nitrogens with zero attached hydrogens (tertiary/aromatic N) is 2. The third-order valence-corrected chi connectivity index (χ3v) is 12.8. The molecule has 64 heavy (non-hydrogen) atoms. The van der Waals surface area contributed by atoms with Gasteiger partial charge in [-0.15, -0.1) is 0 Å². The molecule has 2 heterocycles. The first kappa shape index (κ1) is 37.3.